The standard InChI is InChI=1S/C20H19N5O2S/c1-13-5-3-4-6-17(13)27-12-18-23-20(25-24-18)28-14(2)19(26)22-16-9-7-15(11-21)8-10-16/h3-10,14H,12H2,1-2H3,(H,22,26)(H,23,24,25)/t14-/m0/s1. The summed E-state index contributed by atoms with van der Waals surface area (Å²) < 4.78 is 5.74. The van der Waals surface area contributed by atoms with E-state index in [9.17, 15) is 4.79 Å². The van der Waals surface area contributed by atoms with Gasteiger partial charge in [-0.15, -0.1) is 5.10 Å². The summed E-state index contributed by atoms with van der Waals surface area (Å²) in [6, 6.07) is 16.5. The van der Waals surface area contributed by atoms with Crippen molar-refractivity contribution >= 4 is 23.4 Å². The van der Waals surface area contributed by atoms with Gasteiger partial charge in [-0.25, -0.2) is 4.98 Å². The number of benzene rings is 2. The highest BCUT2D eigenvalue weighted by atomic mass is 32.2. The zero-order valence-electron chi connectivity index (χ0n) is 15.5. The summed E-state index contributed by atoms with van der Waals surface area (Å²) in [6.07, 6.45) is 0. The molecule has 0 aliphatic carbocycles. The van der Waals surface area contributed by atoms with Gasteiger partial charge >= 0.3 is 0 Å². The van der Waals surface area contributed by atoms with E-state index in [-0.39, 0.29) is 12.5 Å². The molecule has 0 unspecified atom stereocenters. The molecule has 2 N–H and O–H groups in total. The van der Waals surface area contributed by atoms with Crippen LogP contribution in [0.2, 0.25) is 0 Å². The summed E-state index contributed by atoms with van der Waals surface area (Å²) in [5.41, 5.74) is 2.23. The van der Waals surface area contributed by atoms with Crippen LogP contribution < -0.4 is 10.1 Å². The Morgan fingerprint density at radius 2 is 2.04 bits per heavy atom. The highest BCUT2D eigenvalue weighted by Gasteiger charge is 2.17. The van der Waals surface area contributed by atoms with Crippen LogP contribution in [0.1, 0.15) is 23.9 Å². The lowest BCUT2D eigenvalue weighted by atomic mass is 10.2. The molecule has 1 heterocycles. The number of ether oxygens (including phenoxy) is 1. The number of rotatable bonds is 7. The number of amides is 1. The summed E-state index contributed by atoms with van der Waals surface area (Å²) in [6.45, 7) is 4.03. The van der Waals surface area contributed by atoms with E-state index in [4.69, 9.17) is 10.00 Å². The SMILES string of the molecule is Cc1ccccc1OCc1nc(S[C@@H](C)C(=O)Nc2ccc(C#N)cc2)n[nH]1. The molecule has 1 atom stereocenters. The fraction of sp³-hybridized carbons (Fsp3) is 0.200. The molecule has 3 rings (SSSR count). The van der Waals surface area contributed by atoms with E-state index in [1.54, 1.807) is 31.2 Å². The molecule has 142 valence electrons. The third kappa shape index (κ3) is 5.11. The summed E-state index contributed by atoms with van der Waals surface area (Å²) in [4.78, 5) is 16.7. The first-order valence-corrected chi connectivity index (χ1v) is 9.50. The molecule has 7 nitrogen and oxygen atoms in total. The van der Waals surface area contributed by atoms with Gasteiger partial charge in [-0.2, -0.15) is 5.26 Å². The van der Waals surface area contributed by atoms with E-state index in [0.717, 1.165) is 11.3 Å². The van der Waals surface area contributed by atoms with E-state index in [1.807, 2.05) is 37.3 Å². The maximum atomic E-state index is 12.3. The van der Waals surface area contributed by atoms with E-state index in [0.29, 0.717) is 22.2 Å². The largest absolute Gasteiger partial charge is 0.485 e. The van der Waals surface area contributed by atoms with Crippen LogP contribution in [0.5, 0.6) is 5.75 Å². The van der Waals surface area contributed by atoms with Crippen molar-refractivity contribution in [2.24, 2.45) is 0 Å². The number of thioether (sulfide) groups is 1. The lowest BCUT2D eigenvalue weighted by molar-refractivity contribution is -0.115. The molecule has 1 amide bonds. The van der Waals surface area contributed by atoms with Crippen molar-refractivity contribution in [3.63, 3.8) is 0 Å². The molecule has 0 bridgehead atoms. The normalized spacial score (nSPS) is 11.5. The van der Waals surface area contributed by atoms with Crippen LogP contribution in [0.25, 0.3) is 0 Å². The fourth-order valence-electron chi connectivity index (χ4n) is 2.34. The summed E-state index contributed by atoms with van der Waals surface area (Å²) in [5.74, 6) is 1.21. The van der Waals surface area contributed by atoms with E-state index in [1.165, 1.54) is 11.8 Å². The van der Waals surface area contributed by atoms with Crippen LogP contribution in [-0.2, 0) is 11.4 Å². The molecular weight excluding hydrogens is 374 g/mol. The lowest BCUT2D eigenvalue weighted by Crippen LogP contribution is -2.22. The Hall–Kier alpha value is -3.31. The number of hydrogen-bond donors (Lipinski definition) is 2. The predicted octanol–water partition coefficient (Wildman–Crippen LogP) is 3.68. The number of nitrogens with zero attached hydrogens (tertiary/aromatic N) is 3. The van der Waals surface area contributed by atoms with Gasteiger partial charge in [0.1, 0.15) is 12.4 Å². The van der Waals surface area contributed by atoms with Gasteiger partial charge in [0.05, 0.1) is 16.9 Å². The molecule has 0 saturated carbocycles. The minimum absolute atomic E-state index is 0.169. The lowest BCUT2D eigenvalue weighted by Gasteiger charge is -2.10. The highest BCUT2D eigenvalue weighted by molar-refractivity contribution is 8.00. The van der Waals surface area contributed by atoms with Crippen LogP contribution in [0.3, 0.4) is 0 Å². The Labute approximate surface area is 167 Å². The molecule has 0 radical (unpaired) electrons. The van der Waals surface area contributed by atoms with E-state index >= 15 is 0 Å². The zero-order valence-corrected chi connectivity index (χ0v) is 16.3. The molecule has 0 spiro atoms. The van der Waals surface area contributed by atoms with E-state index < -0.39 is 5.25 Å². The number of carbonyl (C=O) groups excluding carboxylic acids is 1. The highest BCUT2D eigenvalue weighted by Crippen LogP contribution is 2.22. The fourth-order valence-corrected chi connectivity index (χ4v) is 3.09. The number of nitrogens with one attached hydrogen (secondary N) is 2. The minimum atomic E-state index is -0.392. The maximum Gasteiger partial charge on any atom is 0.237 e. The molecule has 0 aliphatic heterocycles. The van der Waals surface area contributed by atoms with E-state index in [2.05, 4.69) is 20.5 Å². The Bertz CT molecular complexity index is 994. The number of anilines is 1. The number of H-pyrrole nitrogens is 1. The van der Waals surface area contributed by atoms with Crippen LogP contribution in [0, 0.1) is 18.3 Å². The van der Waals surface area contributed by atoms with Crippen LogP contribution in [0.4, 0.5) is 5.69 Å². The molecular formula is C20H19N5O2S. The van der Waals surface area contributed by atoms with Crippen LogP contribution >= 0.6 is 11.8 Å². The summed E-state index contributed by atoms with van der Waals surface area (Å²) >= 11 is 1.25. The van der Waals surface area contributed by atoms with Crippen molar-refractivity contribution in [2.75, 3.05) is 5.32 Å². The zero-order chi connectivity index (χ0) is 19.9. The average Bonchev–Trinajstić information content (AvgIpc) is 3.15. The number of carbonyl (C=O) groups is 1. The Kier molecular flexibility index (Phi) is 6.29. The van der Waals surface area contributed by atoms with Gasteiger partial charge in [-0.05, 0) is 49.7 Å². The van der Waals surface area contributed by atoms with Gasteiger partial charge in [0.15, 0.2) is 5.82 Å². The number of aryl methyl sites for hydroxylation is 1. The topological polar surface area (TPSA) is 104 Å². The van der Waals surface area contributed by atoms with Crippen LogP contribution in [-0.4, -0.2) is 26.3 Å². The maximum absolute atomic E-state index is 12.3. The van der Waals surface area contributed by atoms with Crippen molar-refractivity contribution in [3.05, 3.63) is 65.5 Å². The smallest absolute Gasteiger partial charge is 0.237 e. The Morgan fingerprint density at radius 1 is 1.29 bits per heavy atom. The first-order chi connectivity index (χ1) is 13.5. The number of aromatic amines is 1. The Balaban J connectivity index is 1.52. The predicted molar refractivity (Wildman–Crippen MR) is 107 cm³/mol. The monoisotopic (exact) mass is 393 g/mol. The number of hydrogen-bond acceptors (Lipinski definition) is 6. The Morgan fingerprint density at radius 3 is 2.75 bits per heavy atom. The van der Waals surface area contributed by atoms with Crippen molar-refractivity contribution in [1.29, 1.82) is 5.26 Å². The van der Waals surface area contributed by atoms with Crippen LogP contribution in [0.15, 0.2) is 53.7 Å². The first-order valence-electron chi connectivity index (χ1n) is 8.62. The van der Waals surface area contributed by atoms with Gasteiger partial charge in [-0.1, -0.05) is 30.0 Å². The average molecular weight is 393 g/mol. The number of aromatic nitrogens is 3. The van der Waals surface area contributed by atoms with Crippen molar-refractivity contribution in [2.45, 2.75) is 30.9 Å². The third-order valence-corrected chi connectivity index (χ3v) is 4.86. The number of nitriles is 1. The quantitative estimate of drug-likeness (QED) is 0.594. The second-order valence-corrected chi connectivity index (χ2v) is 7.37. The molecule has 3 aromatic rings. The first kappa shape index (κ1) is 19.5. The van der Waals surface area contributed by atoms with Gasteiger partial charge in [0.25, 0.3) is 0 Å². The molecule has 0 fully saturated rings. The van der Waals surface area contributed by atoms with Crippen molar-refractivity contribution < 1.29 is 9.53 Å². The molecule has 2 aromatic carbocycles. The second-order valence-electron chi connectivity index (χ2n) is 6.06. The number of para-hydroxylation sites is 1. The molecule has 0 aliphatic rings. The molecule has 0 saturated heterocycles. The summed E-state index contributed by atoms with van der Waals surface area (Å²) in [5, 5.41) is 18.7. The molecule has 8 heteroatoms. The van der Waals surface area contributed by atoms with Gasteiger partial charge in [0.2, 0.25) is 11.1 Å². The third-order valence-electron chi connectivity index (χ3n) is 3.90. The molecule has 1 aromatic heterocycles. The molecule has 28 heavy (non-hydrogen) atoms. The minimum Gasteiger partial charge on any atom is -0.485 e. The van der Waals surface area contributed by atoms with Gasteiger partial charge in [0, 0.05) is 5.69 Å². The second kappa shape index (κ2) is 9.06. The summed E-state index contributed by atoms with van der Waals surface area (Å²) in [7, 11) is 0. The van der Waals surface area contributed by atoms with Gasteiger partial charge in [-0.3, -0.25) is 9.89 Å². The van der Waals surface area contributed by atoms with Gasteiger partial charge < -0.3 is 10.1 Å². The van der Waals surface area contributed by atoms with Crippen molar-refractivity contribution in [3.8, 4) is 11.8 Å². The van der Waals surface area contributed by atoms with Crippen molar-refractivity contribution in [1.82, 2.24) is 15.2 Å².